The van der Waals surface area contributed by atoms with Gasteiger partial charge in [-0.1, -0.05) is 6.07 Å². The lowest BCUT2D eigenvalue weighted by atomic mass is 10.1. The number of amides is 1. The Labute approximate surface area is 160 Å². The van der Waals surface area contributed by atoms with Gasteiger partial charge in [-0.2, -0.15) is 13.2 Å². The monoisotopic (exact) mass is 407 g/mol. The van der Waals surface area contributed by atoms with E-state index in [9.17, 15) is 18.0 Å². The third-order valence-electron chi connectivity index (χ3n) is 4.83. The van der Waals surface area contributed by atoms with Gasteiger partial charge in [0.05, 0.1) is 6.54 Å². The van der Waals surface area contributed by atoms with Gasteiger partial charge in [-0.3, -0.25) is 14.6 Å². The fourth-order valence-corrected chi connectivity index (χ4v) is 4.20. The number of alkyl halides is 3. The van der Waals surface area contributed by atoms with Crippen LogP contribution in [0.5, 0.6) is 0 Å². The van der Waals surface area contributed by atoms with E-state index in [-0.39, 0.29) is 5.91 Å². The smallest absolute Gasteiger partial charge is 0.475 e. The lowest BCUT2D eigenvalue weighted by Crippen LogP contribution is -2.41. The molecule has 0 aromatic carbocycles. The maximum Gasteiger partial charge on any atom is 0.490 e. The van der Waals surface area contributed by atoms with Crippen molar-refractivity contribution in [3.8, 4) is 0 Å². The number of likely N-dealkylation sites (tertiary alicyclic amines) is 2. The Hall–Kier alpha value is -1.65. The molecule has 0 spiro atoms. The van der Waals surface area contributed by atoms with E-state index in [2.05, 4.69) is 27.3 Å². The summed E-state index contributed by atoms with van der Waals surface area (Å²) in [5.41, 5.74) is 0. The highest BCUT2D eigenvalue weighted by Gasteiger charge is 2.42. The van der Waals surface area contributed by atoms with Gasteiger partial charge in [-0.25, -0.2) is 4.79 Å². The van der Waals surface area contributed by atoms with Crippen molar-refractivity contribution in [2.75, 3.05) is 33.7 Å². The molecular formula is C17H24F3N3O3S. The first kappa shape index (κ1) is 21.6. The second-order valence-electron chi connectivity index (χ2n) is 6.82. The summed E-state index contributed by atoms with van der Waals surface area (Å²) in [5.74, 6) is -2.53. The normalized spacial score (nSPS) is 22.9. The molecule has 10 heteroatoms. The van der Waals surface area contributed by atoms with Crippen molar-refractivity contribution >= 4 is 23.2 Å². The molecule has 0 bridgehead atoms. The molecule has 0 radical (unpaired) electrons. The molecule has 0 saturated carbocycles. The molecule has 3 heterocycles. The summed E-state index contributed by atoms with van der Waals surface area (Å²) in [6.45, 7) is 3.89. The molecule has 0 unspecified atom stereocenters. The maximum atomic E-state index is 11.9. The Morgan fingerprint density at radius 2 is 1.78 bits per heavy atom. The number of thiophene rings is 1. The molecule has 2 aliphatic rings. The summed E-state index contributed by atoms with van der Waals surface area (Å²) in [6.07, 6.45) is -2.67. The number of carbonyl (C=O) groups is 2. The molecule has 3 rings (SSSR count). The summed E-state index contributed by atoms with van der Waals surface area (Å²) in [4.78, 5) is 28.9. The molecule has 152 valence electrons. The quantitative estimate of drug-likeness (QED) is 0.829. The van der Waals surface area contributed by atoms with Gasteiger partial charge in [0, 0.05) is 50.7 Å². The standard InChI is InChI=1S/C15H23N3OS.C2HF3O2/c1-16(2)15(19)11-18-8-6-13-14(18)5-7-17(13)10-12-4-3-9-20-12;3-2(4,5)1(6)7/h3-4,9,13-14H,5-8,10-11H2,1-2H3;(H,6,7)/t13-,14+;/m1./s1. The van der Waals surface area contributed by atoms with E-state index in [1.165, 1.54) is 24.3 Å². The summed E-state index contributed by atoms with van der Waals surface area (Å²) >= 11 is 1.84. The summed E-state index contributed by atoms with van der Waals surface area (Å²) in [5, 5.41) is 9.28. The van der Waals surface area contributed by atoms with Crippen molar-refractivity contribution in [3.05, 3.63) is 22.4 Å². The molecule has 1 amide bonds. The van der Waals surface area contributed by atoms with Gasteiger partial charge in [0.15, 0.2) is 0 Å². The topological polar surface area (TPSA) is 64.1 Å². The van der Waals surface area contributed by atoms with Crippen molar-refractivity contribution in [1.82, 2.24) is 14.7 Å². The van der Waals surface area contributed by atoms with Gasteiger partial charge in [-0.15, -0.1) is 11.3 Å². The molecule has 6 nitrogen and oxygen atoms in total. The number of fused-ring (bicyclic) bond motifs is 1. The molecule has 2 atom stereocenters. The van der Waals surface area contributed by atoms with Crippen LogP contribution < -0.4 is 0 Å². The van der Waals surface area contributed by atoms with Crippen LogP contribution in [0, 0.1) is 0 Å². The Bertz CT molecular complexity index is 637. The molecule has 2 saturated heterocycles. The first-order valence-corrected chi connectivity index (χ1v) is 9.48. The number of rotatable bonds is 4. The van der Waals surface area contributed by atoms with E-state index in [0.29, 0.717) is 18.6 Å². The lowest BCUT2D eigenvalue weighted by Gasteiger charge is -2.25. The number of aliphatic carboxylic acids is 1. The molecule has 27 heavy (non-hydrogen) atoms. The predicted octanol–water partition coefficient (Wildman–Crippen LogP) is 2.12. The van der Waals surface area contributed by atoms with Crippen molar-refractivity contribution < 1.29 is 27.9 Å². The summed E-state index contributed by atoms with van der Waals surface area (Å²) in [7, 11) is 3.68. The highest BCUT2D eigenvalue weighted by atomic mass is 32.1. The van der Waals surface area contributed by atoms with Crippen LogP contribution in [-0.2, 0) is 16.1 Å². The van der Waals surface area contributed by atoms with Gasteiger partial charge in [-0.05, 0) is 24.3 Å². The van der Waals surface area contributed by atoms with Crippen molar-refractivity contribution in [2.24, 2.45) is 0 Å². The largest absolute Gasteiger partial charge is 0.490 e. The van der Waals surface area contributed by atoms with E-state index >= 15 is 0 Å². The molecule has 0 aliphatic carbocycles. The SMILES string of the molecule is CN(C)C(=O)CN1CC[C@@H]2[C@@H]1CCN2Cc1cccs1.O=C(O)C(F)(F)F. The van der Waals surface area contributed by atoms with E-state index in [0.717, 1.165) is 13.1 Å². The minimum Gasteiger partial charge on any atom is -0.475 e. The van der Waals surface area contributed by atoms with Gasteiger partial charge >= 0.3 is 12.1 Å². The first-order chi connectivity index (χ1) is 12.6. The third-order valence-corrected chi connectivity index (χ3v) is 5.69. The van der Waals surface area contributed by atoms with Gasteiger partial charge in [0.1, 0.15) is 0 Å². The van der Waals surface area contributed by atoms with Crippen LogP contribution in [-0.4, -0.2) is 83.7 Å². The van der Waals surface area contributed by atoms with Crippen molar-refractivity contribution in [3.63, 3.8) is 0 Å². The Kier molecular flexibility index (Phi) is 7.24. The molecule has 1 N–H and O–H groups in total. The van der Waals surface area contributed by atoms with E-state index < -0.39 is 12.1 Å². The van der Waals surface area contributed by atoms with Crippen LogP contribution in [0.2, 0.25) is 0 Å². The van der Waals surface area contributed by atoms with Gasteiger partial charge in [0.25, 0.3) is 0 Å². The van der Waals surface area contributed by atoms with Crippen LogP contribution >= 0.6 is 11.3 Å². The van der Waals surface area contributed by atoms with Gasteiger partial charge < -0.3 is 10.0 Å². The van der Waals surface area contributed by atoms with Crippen LogP contribution in [0.1, 0.15) is 17.7 Å². The predicted molar refractivity (Wildman–Crippen MR) is 95.5 cm³/mol. The number of nitrogens with zero attached hydrogens (tertiary/aromatic N) is 3. The number of carbonyl (C=O) groups excluding carboxylic acids is 1. The fraction of sp³-hybridized carbons (Fsp3) is 0.647. The van der Waals surface area contributed by atoms with Crippen molar-refractivity contribution in [2.45, 2.75) is 37.6 Å². The molecule has 2 aliphatic heterocycles. The molecule has 1 aromatic heterocycles. The fourth-order valence-electron chi connectivity index (χ4n) is 3.47. The number of likely N-dealkylation sites (N-methyl/N-ethyl adjacent to an activating group) is 1. The summed E-state index contributed by atoms with van der Waals surface area (Å²) < 4.78 is 31.7. The van der Waals surface area contributed by atoms with Crippen molar-refractivity contribution in [1.29, 1.82) is 0 Å². The Morgan fingerprint density at radius 3 is 2.26 bits per heavy atom. The number of hydrogen-bond acceptors (Lipinski definition) is 5. The third kappa shape index (κ3) is 5.91. The highest BCUT2D eigenvalue weighted by molar-refractivity contribution is 7.09. The summed E-state index contributed by atoms with van der Waals surface area (Å²) in [6, 6.07) is 5.58. The number of halogens is 3. The molecule has 1 aromatic rings. The van der Waals surface area contributed by atoms with Gasteiger partial charge in [0.2, 0.25) is 5.91 Å². The number of hydrogen-bond donors (Lipinski definition) is 1. The highest BCUT2D eigenvalue weighted by Crippen LogP contribution is 2.32. The van der Waals surface area contributed by atoms with E-state index in [1.54, 1.807) is 4.90 Å². The maximum absolute atomic E-state index is 11.9. The number of carboxylic acid groups (broad SMARTS) is 1. The van der Waals surface area contributed by atoms with Crippen LogP contribution in [0.25, 0.3) is 0 Å². The lowest BCUT2D eigenvalue weighted by molar-refractivity contribution is -0.192. The number of carboxylic acids is 1. The Balaban J connectivity index is 0.000000321. The van der Waals surface area contributed by atoms with Crippen LogP contribution in [0.3, 0.4) is 0 Å². The average Bonchev–Trinajstić information content (AvgIpc) is 3.28. The van der Waals surface area contributed by atoms with E-state index in [1.807, 2.05) is 25.4 Å². The second kappa shape index (κ2) is 9.03. The minimum absolute atomic E-state index is 0.224. The molecule has 2 fully saturated rings. The zero-order valence-corrected chi connectivity index (χ0v) is 16.1. The van der Waals surface area contributed by atoms with Crippen LogP contribution in [0.4, 0.5) is 13.2 Å². The van der Waals surface area contributed by atoms with Crippen LogP contribution in [0.15, 0.2) is 17.5 Å². The molecular weight excluding hydrogens is 383 g/mol. The van der Waals surface area contributed by atoms with E-state index in [4.69, 9.17) is 9.90 Å². The zero-order chi connectivity index (χ0) is 20.2. The Morgan fingerprint density at radius 1 is 1.22 bits per heavy atom. The minimum atomic E-state index is -5.08. The second-order valence-corrected chi connectivity index (χ2v) is 7.86. The average molecular weight is 407 g/mol. The first-order valence-electron chi connectivity index (χ1n) is 8.60. The zero-order valence-electron chi connectivity index (χ0n) is 15.3.